The number of carbonyl (C=O) groups is 2. The van der Waals surface area contributed by atoms with Crippen molar-refractivity contribution < 1.29 is 18.9 Å². The van der Waals surface area contributed by atoms with Crippen LogP contribution in [0.2, 0.25) is 0 Å². The van der Waals surface area contributed by atoms with Crippen molar-refractivity contribution in [3.8, 4) is 17.4 Å². The van der Waals surface area contributed by atoms with E-state index < -0.39 is 16.7 Å². The van der Waals surface area contributed by atoms with Gasteiger partial charge in [0.05, 0.1) is 4.92 Å². The maximum absolute atomic E-state index is 12.9. The number of benzene rings is 1. The number of nitro benzene ring substituents is 1. The number of non-ortho nitro benzene ring substituents is 1. The summed E-state index contributed by atoms with van der Waals surface area (Å²) in [5, 5.41) is 20.2. The number of nitriles is 1. The minimum absolute atomic E-state index is 0.0276. The number of imide groups is 1. The maximum atomic E-state index is 12.9. The van der Waals surface area contributed by atoms with Crippen molar-refractivity contribution >= 4 is 23.6 Å². The van der Waals surface area contributed by atoms with Crippen LogP contribution in [0.4, 0.5) is 5.69 Å². The third kappa shape index (κ3) is 3.91. The molecule has 0 bridgehead atoms. The minimum atomic E-state index is -0.586. The monoisotopic (exact) mass is 405 g/mol. The Labute approximate surface area is 172 Å². The first-order valence-electron chi connectivity index (χ1n) is 9.26. The van der Waals surface area contributed by atoms with Crippen LogP contribution in [0.25, 0.3) is 17.4 Å². The Kier molecular flexibility index (Phi) is 5.65. The smallest absolute Gasteiger partial charge is 0.271 e. The molecule has 2 amide bonds. The number of amides is 2. The van der Waals surface area contributed by atoms with Crippen LogP contribution in [0.5, 0.6) is 0 Å². The Hall–Kier alpha value is -3.99. The zero-order chi connectivity index (χ0) is 22.0. The lowest BCUT2D eigenvalue weighted by molar-refractivity contribution is -0.384. The lowest BCUT2D eigenvalue weighted by Crippen LogP contribution is -2.44. The van der Waals surface area contributed by atoms with Gasteiger partial charge >= 0.3 is 0 Å². The molecule has 0 fully saturated rings. The summed E-state index contributed by atoms with van der Waals surface area (Å²) in [4.78, 5) is 36.8. The summed E-state index contributed by atoms with van der Waals surface area (Å²) in [6, 6.07) is 11.1. The van der Waals surface area contributed by atoms with Gasteiger partial charge in [0.15, 0.2) is 0 Å². The van der Waals surface area contributed by atoms with E-state index in [9.17, 15) is 25.0 Å². The van der Waals surface area contributed by atoms with Crippen molar-refractivity contribution in [2.75, 3.05) is 6.54 Å². The highest BCUT2D eigenvalue weighted by Crippen LogP contribution is 2.30. The highest BCUT2D eigenvalue weighted by atomic mass is 16.6. The fourth-order valence-corrected chi connectivity index (χ4v) is 3.14. The summed E-state index contributed by atoms with van der Waals surface area (Å²) in [6.45, 7) is 5.53. The van der Waals surface area contributed by atoms with Crippen molar-refractivity contribution in [2.45, 2.75) is 20.8 Å². The molecule has 1 aliphatic heterocycles. The van der Waals surface area contributed by atoms with E-state index in [0.29, 0.717) is 22.7 Å². The Morgan fingerprint density at radius 3 is 2.40 bits per heavy atom. The molecule has 2 heterocycles. The van der Waals surface area contributed by atoms with Gasteiger partial charge in [0, 0.05) is 29.8 Å². The molecule has 0 aliphatic carbocycles. The SMILES string of the molecule is CC1=C(C#N)C(=O)N(CC(C)C)C(=O)/C1=C/c1ccc(-c2ccc([N+](=O)[O-])cc2)o1. The number of furan rings is 1. The van der Waals surface area contributed by atoms with E-state index in [1.807, 2.05) is 19.9 Å². The molecule has 1 aliphatic rings. The molecule has 2 aromatic rings. The van der Waals surface area contributed by atoms with Gasteiger partial charge in [-0.1, -0.05) is 13.8 Å². The minimum Gasteiger partial charge on any atom is -0.457 e. The van der Waals surface area contributed by atoms with Gasteiger partial charge in [-0.3, -0.25) is 24.6 Å². The molecule has 0 atom stereocenters. The van der Waals surface area contributed by atoms with E-state index >= 15 is 0 Å². The lowest BCUT2D eigenvalue weighted by Gasteiger charge is -2.28. The van der Waals surface area contributed by atoms with Gasteiger partial charge in [0.1, 0.15) is 23.2 Å². The lowest BCUT2D eigenvalue weighted by atomic mass is 9.94. The molecule has 0 unspecified atom stereocenters. The summed E-state index contributed by atoms with van der Waals surface area (Å²) in [5.41, 5.74) is 1.07. The third-order valence-corrected chi connectivity index (χ3v) is 4.65. The van der Waals surface area contributed by atoms with Crippen LogP contribution in [0.1, 0.15) is 26.5 Å². The predicted octanol–water partition coefficient (Wildman–Crippen LogP) is 4.10. The van der Waals surface area contributed by atoms with Gasteiger partial charge in [-0.15, -0.1) is 0 Å². The number of hydrogen-bond donors (Lipinski definition) is 0. The molecule has 0 radical (unpaired) electrons. The molecule has 8 heteroatoms. The number of hydrogen-bond acceptors (Lipinski definition) is 6. The molecule has 0 N–H and O–H groups in total. The zero-order valence-corrected chi connectivity index (χ0v) is 16.7. The van der Waals surface area contributed by atoms with Crippen LogP contribution in [0, 0.1) is 27.4 Å². The average Bonchev–Trinajstić information content (AvgIpc) is 3.17. The first-order valence-corrected chi connectivity index (χ1v) is 9.26. The van der Waals surface area contributed by atoms with Gasteiger partial charge in [-0.25, -0.2) is 0 Å². The highest BCUT2D eigenvalue weighted by molar-refractivity contribution is 6.19. The number of nitrogens with zero attached hydrogens (tertiary/aromatic N) is 3. The predicted molar refractivity (Wildman–Crippen MR) is 109 cm³/mol. The van der Waals surface area contributed by atoms with Crippen LogP contribution in [0.15, 0.2) is 57.5 Å². The average molecular weight is 405 g/mol. The first kappa shape index (κ1) is 20.7. The molecule has 1 aromatic heterocycles. The van der Waals surface area contributed by atoms with Gasteiger partial charge in [0.2, 0.25) is 0 Å². The number of rotatable bonds is 5. The second-order valence-electron chi connectivity index (χ2n) is 7.29. The van der Waals surface area contributed by atoms with Crippen LogP contribution < -0.4 is 0 Å². The second-order valence-corrected chi connectivity index (χ2v) is 7.29. The number of nitro groups is 1. The molecular weight excluding hydrogens is 386 g/mol. The highest BCUT2D eigenvalue weighted by Gasteiger charge is 2.35. The van der Waals surface area contributed by atoms with Crippen molar-refractivity contribution in [2.24, 2.45) is 5.92 Å². The molecule has 152 valence electrons. The summed E-state index contributed by atoms with van der Waals surface area (Å²) < 4.78 is 5.77. The standard InChI is InChI=1S/C22H19N3O5/c1-13(2)12-24-21(26)18(14(3)19(11-23)22(24)27)10-17-8-9-20(30-17)15-4-6-16(7-5-15)25(28)29/h4-10,13H,12H2,1-3H3/b18-10+. The van der Waals surface area contributed by atoms with Crippen molar-refractivity contribution in [3.63, 3.8) is 0 Å². The van der Waals surface area contributed by atoms with Crippen molar-refractivity contribution in [3.05, 3.63) is 69.0 Å². The van der Waals surface area contributed by atoms with E-state index in [2.05, 4.69) is 0 Å². The molecular formula is C22H19N3O5. The number of carbonyl (C=O) groups excluding carboxylic acids is 2. The fraction of sp³-hybridized carbons (Fsp3) is 0.227. The molecule has 0 spiro atoms. The fourth-order valence-electron chi connectivity index (χ4n) is 3.14. The van der Waals surface area contributed by atoms with Crippen molar-refractivity contribution in [1.82, 2.24) is 4.90 Å². The molecule has 0 saturated heterocycles. The Bertz CT molecular complexity index is 1130. The molecule has 8 nitrogen and oxygen atoms in total. The van der Waals surface area contributed by atoms with E-state index in [0.717, 1.165) is 4.90 Å². The van der Waals surface area contributed by atoms with Gasteiger partial charge in [0.25, 0.3) is 17.5 Å². The third-order valence-electron chi connectivity index (χ3n) is 4.65. The summed E-state index contributed by atoms with van der Waals surface area (Å²) in [5.74, 6) is -0.176. The molecule has 1 aromatic carbocycles. The summed E-state index contributed by atoms with van der Waals surface area (Å²) in [7, 11) is 0. The first-order chi connectivity index (χ1) is 14.2. The van der Waals surface area contributed by atoms with Crippen LogP contribution in [-0.2, 0) is 9.59 Å². The van der Waals surface area contributed by atoms with Crippen LogP contribution in [-0.4, -0.2) is 28.2 Å². The van der Waals surface area contributed by atoms with E-state index in [1.165, 1.54) is 18.2 Å². The Balaban J connectivity index is 1.98. The van der Waals surface area contributed by atoms with Gasteiger partial charge in [-0.2, -0.15) is 5.26 Å². The summed E-state index contributed by atoms with van der Waals surface area (Å²) in [6.07, 6.45) is 1.50. The van der Waals surface area contributed by atoms with E-state index in [1.54, 1.807) is 31.2 Å². The second kappa shape index (κ2) is 8.17. The van der Waals surface area contributed by atoms with Gasteiger partial charge < -0.3 is 4.42 Å². The van der Waals surface area contributed by atoms with Crippen LogP contribution in [0.3, 0.4) is 0 Å². The Morgan fingerprint density at radius 2 is 1.83 bits per heavy atom. The largest absolute Gasteiger partial charge is 0.457 e. The van der Waals surface area contributed by atoms with E-state index in [4.69, 9.17) is 4.42 Å². The normalized spacial score (nSPS) is 15.8. The van der Waals surface area contributed by atoms with Crippen molar-refractivity contribution in [1.29, 1.82) is 5.26 Å². The quantitative estimate of drug-likeness (QED) is 0.320. The van der Waals surface area contributed by atoms with E-state index in [-0.39, 0.29) is 29.3 Å². The summed E-state index contributed by atoms with van der Waals surface area (Å²) >= 11 is 0. The molecule has 3 rings (SSSR count). The zero-order valence-electron chi connectivity index (χ0n) is 16.7. The maximum Gasteiger partial charge on any atom is 0.271 e. The Morgan fingerprint density at radius 1 is 1.17 bits per heavy atom. The molecule has 0 saturated carbocycles. The van der Waals surface area contributed by atoms with Gasteiger partial charge in [-0.05, 0) is 48.8 Å². The topological polar surface area (TPSA) is 117 Å². The molecule has 30 heavy (non-hydrogen) atoms. The van der Waals surface area contributed by atoms with Crippen LogP contribution >= 0.6 is 0 Å².